The standard InChI is InChI=1S/C20H19N3O/c1-2-4-15(5-3-1)14-24-17-8-6-16(7-9-17)19-13-22-20-12-21-11-10-18(20)23-19/h1-9,13,21H,10-12,14H2. The molecule has 1 aliphatic rings. The molecule has 0 unspecified atom stereocenters. The van der Waals surface area contributed by atoms with E-state index in [9.17, 15) is 0 Å². The molecule has 120 valence electrons. The largest absolute Gasteiger partial charge is 0.489 e. The first-order valence-corrected chi connectivity index (χ1v) is 8.21. The van der Waals surface area contributed by atoms with Gasteiger partial charge < -0.3 is 10.1 Å². The van der Waals surface area contributed by atoms with E-state index in [0.29, 0.717) is 6.61 Å². The second kappa shape index (κ2) is 6.81. The van der Waals surface area contributed by atoms with E-state index in [2.05, 4.69) is 22.4 Å². The number of ether oxygens (including phenoxy) is 1. The maximum atomic E-state index is 5.83. The normalized spacial score (nSPS) is 13.3. The number of nitrogens with zero attached hydrogens (tertiary/aromatic N) is 2. The van der Waals surface area contributed by atoms with Crippen molar-refractivity contribution < 1.29 is 4.74 Å². The second-order valence-corrected chi connectivity index (χ2v) is 5.87. The molecule has 3 aromatic rings. The summed E-state index contributed by atoms with van der Waals surface area (Å²) in [7, 11) is 0. The molecule has 0 bridgehead atoms. The van der Waals surface area contributed by atoms with E-state index in [0.717, 1.165) is 53.5 Å². The molecule has 4 rings (SSSR count). The van der Waals surface area contributed by atoms with Crippen LogP contribution in [-0.2, 0) is 19.6 Å². The predicted octanol–water partition coefficient (Wildman–Crippen LogP) is 3.37. The Bertz CT molecular complexity index is 816. The topological polar surface area (TPSA) is 47.0 Å². The van der Waals surface area contributed by atoms with Gasteiger partial charge in [0.15, 0.2) is 0 Å². The molecule has 4 nitrogen and oxygen atoms in total. The number of hydrogen-bond acceptors (Lipinski definition) is 4. The van der Waals surface area contributed by atoms with Gasteiger partial charge in [-0.3, -0.25) is 4.98 Å². The van der Waals surface area contributed by atoms with Crippen molar-refractivity contribution in [2.75, 3.05) is 6.54 Å². The minimum absolute atomic E-state index is 0.575. The number of fused-ring (bicyclic) bond motifs is 1. The van der Waals surface area contributed by atoms with Crippen molar-refractivity contribution in [1.29, 1.82) is 0 Å². The van der Waals surface area contributed by atoms with Crippen LogP contribution in [0.3, 0.4) is 0 Å². The molecule has 0 amide bonds. The van der Waals surface area contributed by atoms with Crippen LogP contribution in [0.25, 0.3) is 11.3 Å². The summed E-state index contributed by atoms with van der Waals surface area (Å²) >= 11 is 0. The summed E-state index contributed by atoms with van der Waals surface area (Å²) in [4.78, 5) is 9.30. The van der Waals surface area contributed by atoms with E-state index in [1.54, 1.807) is 0 Å². The Morgan fingerprint density at radius 1 is 0.958 bits per heavy atom. The molecule has 2 heterocycles. The lowest BCUT2D eigenvalue weighted by molar-refractivity contribution is 0.306. The van der Waals surface area contributed by atoms with Crippen molar-refractivity contribution in [3.63, 3.8) is 0 Å². The first-order chi connectivity index (χ1) is 11.9. The summed E-state index contributed by atoms with van der Waals surface area (Å²) < 4.78 is 5.83. The predicted molar refractivity (Wildman–Crippen MR) is 93.7 cm³/mol. The van der Waals surface area contributed by atoms with Crippen molar-refractivity contribution in [3.05, 3.63) is 77.7 Å². The maximum absolute atomic E-state index is 5.83. The molecule has 2 aromatic carbocycles. The van der Waals surface area contributed by atoms with Crippen molar-refractivity contribution in [2.24, 2.45) is 0 Å². The number of nitrogens with one attached hydrogen (secondary N) is 1. The number of hydrogen-bond donors (Lipinski definition) is 1. The van der Waals surface area contributed by atoms with E-state index >= 15 is 0 Å². The van der Waals surface area contributed by atoms with Crippen LogP contribution in [0, 0.1) is 0 Å². The molecule has 0 saturated heterocycles. The third-order valence-corrected chi connectivity index (χ3v) is 4.16. The van der Waals surface area contributed by atoms with Gasteiger partial charge in [0.05, 0.1) is 23.3 Å². The van der Waals surface area contributed by atoms with Crippen LogP contribution < -0.4 is 10.1 Å². The van der Waals surface area contributed by atoms with Crippen molar-refractivity contribution in [1.82, 2.24) is 15.3 Å². The highest BCUT2D eigenvalue weighted by Gasteiger charge is 2.12. The Kier molecular flexibility index (Phi) is 4.21. The van der Waals surface area contributed by atoms with Gasteiger partial charge in [0.1, 0.15) is 12.4 Å². The molecule has 1 N–H and O–H groups in total. The zero-order chi connectivity index (χ0) is 16.2. The summed E-state index contributed by atoms with van der Waals surface area (Å²) in [5.74, 6) is 0.859. The number of benzene rings is 2. The Balaban J connectivity index is 1.47. The highest BCUT2D eigenvalue weighted by atomic mass is 16.5. The fourth-order valence-electron chi connectivity index (χ4n) is 2.82. The Labute approximate surface area is 141 Å². The maximum Gasteiger partial charge on any atom is 0.119 e. The van der Waals surface area contributed by atoms with E-state index < -0.39 is 0 Å². The van der Waals surface area contributed by atoms with E-state index in [-0.39, 0.29) is 0 Å². The molecule has 0 spiro atoms. The summed E-state index contributed by atoms with van der Waals surface area (Å²) in [5.41, 5.74) is 5.32. The van der Waals surface area contributed by atoms with Gasteiger partial charge in [-0.15, -0.1) is 0 Å². The molecule has 0 saturated carbocycles. The fourth-order valence-corrected chi connectivity index (χ4v) is 2.82. The molecule has 0 fully saturated rings. The SMILES string of the molecule is c1ccc(COc2ccc(-c3cnc4c(n3)CCNC4)cc2)cc1. The van der Waals surface area contributed by atoms with Crippen molar-refractivity contribution in [3.8, 4) is 17.0 Å². The summed E-state index contributed by atoms with van der Waals surface area (Å²) in [6.45, 7) is 2.36. The highest BCUT2D eigenvalue weighted by Crippen LogP contribution is 2.22. The Morgan fingerprint density at radius 2 is 1.79 bits per heavy atom. The quantitative estimate of drug-likeness (QED) is 0.801. The lowest BCUT2D eigenvalue weighted by Crippen LogP contribution is -2.25. The molecular weight excluding hydrogens is 298 g/mol. The average Bonchev–Trinajstić information content (AvgIpc) is 2.67. The molecule has 0 aliphatic carbocycles. The molecule has 24 heavy (non-hydrogen) atoms. The average molecular weight is 317 g/mol. The minimum Gasteiger partial charge on any atom is -0.489 e. The van der Waals surface area contributed by atoms with Crippen molar-refractivity contribution >= 4 is 0 Å². The van der Waals surface area contributed by atoms with Gasteiger partial charge in [0.2, 0.25) is 0 Å². The van der Waals surface area contributed by atoms with Gasteiger partial charge in [-0.25, -0.2) is 4.98 Å². The van der Waals surface area contributed by atoms with E-state index in [1.165, 1.54) is 0 Å². The van der Waals surface area contributed by atoms with Crippen LogP contribution in [-0.4, -0.2) is 16.5 Å². The van der Waals surface area contributed by atoms with Gasteiger partial charge in [-0.1, -0.05) is 30.3 Å². The molecule has 0 atom stereocenters. The van der Waals surface area contributed by atoms with Crippen LogP contribution >= 0.6 is 0 Å². The van der Waals surface area contributed by atoms with E-state index in [1.807, 2.05) is 48.7 Å². The first-order valence-electron chi connectivity index (χ1n) is 8.21. The monoisotopic (exact) mass is 317 g/mol. The van der Waals surface area contributed by atoms with Crippen LogP contribution in [0.1, 0.15) is 17.0 Å². The Morgan fingerprint density at radius 3 is 2.62 bits per heavy atom. The van der Waals surface area contributed by atoms with Gasteiger partial charge in [0, 0.05) is 25.1 Å². The zero-order valence-corrected chi connectivity index (χ0v) is 13.4. The molecule has 4 heteroatoms. The highest BCUT2D eigenvalue weighted by molar-refractivity contribution is 5.59. The third-order valence-electron chi connectivity index (χ3n) is 4.16. The third kappa shape index (κ3) is 3.29. The van der Waals surface area contributed by atoms with E-state index in [4.69, 9.17) is 9.72 Å². The summed E-state index contributed by atoms with van der Waals surface area (Å²) in [5, 5.41) is 3.32. The lowest BCUT2D eigenvalue weighted by Gasteiger charge is -2.15. The smallest absolute Gasteiger partial charge is 0.119 e. The second-order valence-electron chi connectivity index (χ2n) is 5.87. The van der Waals surface area contributed by atoms with Crippen LogP contribution in [0.15, 0.2) is 60.8 Å². The molecule has 1 aliphatic heterocycles. The molecule has 0 radical (unpaired) electrons. The minimum atomic E-state index is 0.575. The van der Waals surface area contributed by atoms with Gasteiger partial charge in [-0.2, -0.15) is 0 Å². The molecular formula is C20H19N3O. The van der Waals surface area contributed by atoms with Gasteiger partial charge in [-0.05, 0) is 29.8 Å². The number of aromatic nitrogens is 2. The van der Waals surface area contributed by atoms with Crippen LogP contribution in [0.2, 0.25) is 0 Å². The van der Waals surface area contributed by atoms with Gasteiger partial charge in [0.25, 0.3) is 0 Å². The first kappa shape index (κ1) is 14.8. The lowest BCUT2D eigenvalue weighted by atomic mass is 10.1. The fraction of sp³-hybridized carbons (Fsp3) is 0.200. The summed E-state index contributed by atoms with van der Waals surface area (Å²) in [6, 6.07) is 18.2. The zero-order valence-electron chi connectivity index (χ0n) is 13.4. The van der Waals surface area contributed by atoms with Crippen LogP contribution in [0.5, 0.6) is 5.75 Å². The van der Waals surface area contributed by atoms with Crippen LogP contribution in [0.4, 0.5) is 0 Å². The van der Waals surface area contributed by atoms with Crippen molar-refractivity contribution in [2.45, 2.75) is 19.6 Å². The Hall–Kier alpha value is -2.72. The molecule has 1 aromatic heterocycles. The van der Waals surface area contributed by atoms with Gasteiger partial charge >= 0.3 is 0 Å². The number of rotatable bonds is 4. The summed E-state index contributed by atoms with van der Waals surface area (Å²) in [6.07, 6.45) is 2.79.